The van der Waals surface area contributed by atoms with Gasteiger partial charge in [-0.25, -0.2) is 0 Å². The molecule has 5 heterocycles. The van der Waals surface area contributed by atoms with Crippen LogP contribution in [-0.4, -0.2) is 272 Å². The molecule has 25 heteroatoms. The van der Waals surface area contributed by atoms with Gasteiger partial charge in [0.2, 0.25) is 0 Å². The molecule has 0 aromatic rings. The van der Waals surface area contributed by atoms with Crippen LogP contribution in [0.15, 0.2) is 0 Å². The van der Waals surface area contributed by atoms with Crippen molar-refractivity contribution < 1.29 is 124 Å². The lowest BCUT2D eigenvalue weighted by atomic mass is 9.72. The zero-order valence-electron chi connectivity index (χ0n) is 34.1. The van der Waals surface area contributed by atoms with E-state index in [4.69, 9.17) is 42.6 Å². The third-order valence-electron chi connectivity index (χ3n) is 13.7. The maximum atomic E-state index is 11.5. The molecule has 9 unspecified atom stereocenters. The summed E-state index contributed by atoms with van der Waals surface area (Å²) in [5, 5.41) is 169. The molecule has 17 N–H and O–H groups in total. The number of aliphatic hydroxyl groups excluding tert-OH is 16. The van der Waals surface area contributed by atoms with Gasteiger partial charge in [-0.05, 0) is 25.7 Å². The predicted octanol–water partition coefficient (Wildman–Crippen LogP) is -9.39. The normalized spacial score (nSPS) is 54.7. The van der Waals surface area contributed by atoms with E-state index < -0.39 is 198 Å². The molecule has 0 spiro atoms. The molecule has 7 aliphatic rings. The van der Waals surface area contributed by atoms with Crippen molar-refractivity contribution in [3.63, 3.8) is 0 Å². The molecular formula is C38H65O25+. The van der Waals surface area contributed by atoms with Gasteiger partial charge in [-0.3, -0.25) is 0 Å². The maximum Gasteiger partial charge on any atom is 0.187 e. The van der Waals surface area contributed by atoms with Crippen molar-refractivity contribution in [2.24, 2.45) is 11.8 Å². The summed E-state index contributed by atoms with van der Waals surface area (Å²) in [6, 6.07) is 0. The Morgan fingerprint density at radius 2 is 0.984 bits per heavy atom. The SMILES string of the molecule is OC[C@H]1O[C@@H](OC2CC(O)CC3[OH+]C(C4CCC(O)C(O)C4)C(O[C@@H]4O[C@H](CO)[C@@H](O)[C@H](O)[C@H]4O[C@@H]4OC[C@@H](O)[C@H](O[C@@H]5O[C@H](CO)[C@@H](O)[C@H](O)[C@H]5O)[C@H]4O)CC23)[C@H](O)[C@@H](O)[C@@H]1O. The van der Waals surface area contributed by atoms with Crippen LogP contribution in [0.5, 0.6) is 0 Å². The molecule has 0 aromatic heterocycles. The van der Waals surface area contributed by atoms with E-state index in [0.29, 0.717) is 6.42 Å². The lowest BCUT2D eigenvalue weighted by molar-refractivity contribution is -0.391. The molecule has 366 valence electrons. The highest BCUT2D eigenvalue weighted by molar-refractivity contribution is 5.01. The Morgan fingerprint density at radius 1 is 0.444 bits per heavy atom. The first-order chi connectivity index (χ1) is 29.9. The Kier molecular flexibility index (Phi) is 16.7. The van der Waals surface area contributed by atoms with Crippen molar-refractivity contribution in [2.45, 2.75) is 198 Å². The van der Waals surface area contributed by atoms with Crippen molar-refractivity contribution in [3.8, 4) is 0 Å². The highest BCUT2D eigenvalue weighted by atomic mass is 16.8. The van der Waals surface area contributed by atoms with E-state index in [1.807, 2.05) is 0 Å². The fourth-order valence-electron chi connectivity index (χ4n) is 10.0. The maximum absolute atomic E-state index is 11.5. The Bertz CT molecular complexity index is 1430. The largest absolute Gasteiger partial charge is 0.427 e. The van der Waals surface area contributed by atoms with Crippen LogP contribution in [0.25, 0.3) is 0 Å². The van der Waals surface area contributed by atoms with Gasteiger partial charge >= 0.3 is 0 Å². The average molecular weight is 922 g/mol. The number of ether oxygens (including phenoxy) is 9. The van der Waals surface area contributed by atoms with Crippen LogP contribution in [-0.2, 0) is 37.9 Å². The summed E-state index contributed by atoms with van der Waals surface area (Å²) in [5.41, 5.74) is 0. The zero-order valence-corrected chi connectivity index (χ0v) is 34.1. The summed E-state index contributed by atoms with van der Waals surface area (Å²) >= 11 is 0. The van der Waals surface area contributed by atoms with Gasteiger partial charge in [-0.15, -0.1) is 0 Å². The third-order valence-corrected chi connectivity index (χ3v) is 13.7. The number of aliphatic hydroxyl groups is 18. The minimum Gasteiger partial charge on any atom is -0.427 e. The van der Waals surface area contributed by atoms with E-state index in [2.05, 4.69) is 0 Å². The molecule has 0 amide bonds. The number of rotatable bonds is 12. The second-order valence-corrected chi connectivity index (χ2v) is 17.9. The van der Waals surface area contributed by atoms with Crippen LogP contribution in [0, 0.1) is 11.8 Å². The molecule has 5 aliphatic heterocycles. The second-order valence-electron chi connectivity index (χ2n) is 17.9. The average Bonchev–Trinajstić information content (AvgIpc) is 3.26. The Hall–Kier alpha value is -1.00. The van der Waals surface area contributed by atoms with Crippen molar-refractivity contribution in [2.75, 3.05) is 26.4 Å². The van der Waals surface area contributed by atoms with E-state index in [1.165, 1.54) is 0 Å². The standard InChI is InChI=1S/C38H64O25/c39-7-20-23(46)26(49)29(52)36(59-20)57-18-5-12(42)4-17-13(18)6-19(32(56-17)11-1-2-14(43)15(44)3-11)58-38-34(28(51)25(48)22(9-41)61-38)63-35-31(54)33(16(45)10-55-35)62-37-30(53)27(50)24(47)21(8-40)60-37/h11-54H,1-10H2/p+1/t11?,12?,13?,14?,15?,16-,17?,18?,19?,20-,21-,22-,23-,24-,25-,26+,27+,28+,29-,30-,31-,32?,33+,34-,35+,36-,37+,38-/m1/s1. The van der Waals surface area contributed by atoms with Gasteiger partial charge in [0.05, 0.1) is 56.8 Å². The Balaban J connectivity index is 1.13. The van der Waals surface area contributed by atoms with Crippen LogP contribution >= 0.6 is 0 Å². The van der Waals surface area contributed by atoms with E-state index >= 15 is 0 Å². The summed E-state index contributed by atoms with van der Waals surface area (Å²) in [6.07, 6.45) is -37.8. The van der Waals surface area contributed by atoms with Crippen molar-refractivity contribution in [1.82, 2.24) is 0 Å². The van der Waals surface area contributed by atoms with Gasteiger partial charge in [0.1, 0.15) is 97.7 Å². The van der Waals surface area contributed by atoms with Gasteiger partial charge in [0.25, 0.3) is 0 Å². The molecule has 0 aromatic carbocycles. The van der Waals surface area contributed by atoms with Crippen LogP contribution in [0.4, 0.5) is 0 Å². The van der Waals surface area contributed by atoms with Crippen LogP contribution in [0.3, 0.4) is 0 Å². The summed E-state index contributed by atoms with van der Waals surface area (Å²) < 4.78 is 52.1. The Morgan fingerprint density at radius 3 is 1.57 bits per heavy atom. The minimum absolute atomic E-state index is 0.00426. The van der Waals surface area contributed by atoms with Crippen LogP contribution in [0.2, 0.25) is 0 Å². The van der Waals surface area contributed by atoms with Gasteiger partial charge in [-0.2, -0.15) is 0 Å². The van der Waals surface area contributed by atoms with Gasteiger partial charge < -0.3 is 124 Å². The molecular weight excluding hydrogens is 856 g/mol. The van der Waals surface area contributed by atoms with Gasteiger partial charge in [0, 0.05) is 18.8 Å². The fraction of sp³-hybridized carbons (Fsp3) is 1.00. The van der Waals surface area contributed by atoms with Gasteiger partial charge in [-0.1, -0.05) is 0 Å². The summed E-state index contributed by atoms with van der Waals surface area (Å²) in [4.78, 5) is 0. The molecule has 25 nitrogen and oxygen atoms in total. The molecule has 63 heavy (non-hydrogen) atoms. The lowest BCUT2D eigenvalue weighted by Crippen LogP contribution is -2.66. The van der Waals surface area contributed by atoms with Gasteiger partial charge in [0.15, 0.2) is 37.4 Å². The lowest BCUT2D eigenvalue weighted by Gasteiger charge is -2.50. The summed E-state index contributed by atoms with van der Waals surface area (Å²) in [7, 11) is 0. The first-order valence-corrected chi connectivity index (χ1v) is 21.5. The summed E-state index contributed by atoms with van der Waals surface area (Å²) in [6.45, 7) is -2.89. The van der Waals surface area contributed by atoms with E-state index in [9.17, 15) is 81.7 Å². The second kappa shape index (κ2) is 21.1. The molecule has 2 saturated carbocycles. The Labute approximate surface area is 360 Å². The number of hydrogen-bond donors (Lipinski definition) is 16. The van der Waals surface area contributed by atoms with E-state index in [0.717, 1.165) is 0 Å². The molecule has 0 radical (unpaired) electrons. The number of fused-ring (bicyclic) bond motifs is 1. The van der Waals surface area contributed by atoms with Crippen molar-refractivity contribution in [3.05, 3.63) is 0 Å². The van der Waals surface area contributed by atoms with Crippen LogP contribution in [0.1, 0.15) is 38.5 Å². The van der Waals surface area contributed by atoms with E-state index in [-0.39, 0.29) is 32.1 Å². The third kappa shape index (κ3) is 10.4. The topological polar surface area (TPSA) is 410 Å². The van der Waals surface area contributed by atoms with E-state index in [1.54, 1.807) is 0 Å². The summed E-state index contributed by atoms with van der Waals surface area (Å²) in [5.74, 6) is -1.03. The first-order valence-electron chi connectivity index (χ1n) is 21.5. The smallest absolute Gasteiger partial charge is 0.187 e. The molecule has 0 bridgehead atoms. The quantitative estimate of drug-likeness (QED) is 0.0808. The molecule has 7 rings (SSSR count). The highest BCUT2D eigenvalue weighted by Crippen LogP contribution is 2.44. The minimum atomic E-state index is -1.95. The van der Waals surface area contributed by atoms with Crippen molar-refractivity contribution >= 4 is 0 Å². The highest BCUT2D eigenvalue weighted by Gasteiger charge is 2.58. The van der Waals surface area contributed by atoms with Crippen LogP contribution < -0.4 is 0 Å². The van der Waals surface area contributed by atoms with Crippen molar-refractivity contribution in [1.29, 1.82) is 0 Å². The zero-order chi connectivity index (χ0) is 45.6. The molecule has 28 atom stereocenters. The monoisotopic (exact) mass is 921 g/mol. The predicted molar refractivity (Wildman–Crippen MR) is 199 cm³/mol. The molecule has 7 fully saturated rings. The fourth-order valence-corrected chi connectivity index (χ4v) is 10.0. The molecule has 5 saturated heterocycles. The molecule has 2 aliphatic carbocycles. The first kappa shape index (κ1) is 49.9. The number of hydrogen-bond acceptors (Lipinski definition) is 24.